The number of hydrogen-bond donors (Lipinski definition) is 2. The van der Waals surface area contributed by atoms with Crippen LogP contribution >= 0.6 is 22.7 Å². The zero-order valence-electron chi connectivity index (χ0n) is 16.4. The van der Waals surface area contributed by atoms with Gasteiger partial charge in [-0.15, -0.1) is 11.3 Å². The minimum absolute atomic E-state index is 0.0206. The second-order valence-electron chi connectivity index (χ2n) is 7.16. The van der Waals surface area contributed by atoms with E-state index in [9.17, 15) is 15.2 Å². The number of aliphatic hydroxyl groups is 1. The predicted molar refractivity (Wildman–Crippen MR) is 119 cm³/mol. The van der Waals surface area contributed by atoms with Crippen LogP contribution < -0.4 is 4.99 Å². The van der Waals surface area contributed by atoms with Crippen molar-refractivity contribution in [3.8, 4) is 6.07 Å². The van der Waals surface area contributed by atoms with Crippen LogP contribution in [0, 0.1) is 11.3 Å². The summed E-state index contributed by atoms with van der Waals surface area (Å²) in [4.78, 5) is 19.9. The fourth-order valence-corrected chi connectivity index (χ4v) is 5.59. The van der Waals surface area contributed by atoms with Crippen LogP contribution in [0.15, 0.2) is 47.8 Å². The molecule has 152 valence electrons. The quantitative estimate of drug-likeness (QED) is 0.460. The maximum Gasteiger partial charge on any atom is 0.372 e. The fraction of sp³-hybridized carbons (Fsp3) is 0.261. The Hall–Kier alpha value is -2.95. The molecule has 0 saturated carbocycles. The fourth-order valence-electron chi connectivity index (χ4n) is 3.63. The molecule has 4 rings (SSSR count). The molecule has 0 fully saturated rings. The molecule has 0 unspecified atom stereocenters. The summed E-state index contributed by atoms with van der Waals surface area (Å²) in [5.41, 5.74) is 2.23. The highest BCUT2D eigenvalue weighted by molar-refractivity contribution is 7.15. The molecular weight excluding hydrogens is 414 g/mol. The van der Waals surface area contributed by atoms with Crippen molar-refractivity contribution >= 4 is 39.5 Å². The lowest BCUT2D eigenvalue weighted by Crippen LogP contribution is -2.66. The third kappa shape index (κ3) is 4.45. The zero-order chi connectivity index (χ0) is 20.9. The molecule has 0 bridgehead atoms. The van der Waals surface area contributed by atoms with Crippen molar-refractivity contribution in [3.05, 3.63) is 74.3 Å². The molecular formula is C23H22N3O2S2+. The average molecular weight is 437 g/mol. The maximum atomic E-state index is 12.7. The first-order chi connectivity index (χ1) is 14.7. The van der Waals surface area contributed by atoms with E-state index in [1.807, 2.05) is 29.2 Å². The van der Waals surface area contributed by atoms with Crippen LogP contribution in [-0.2, 0) is 24.2 Å². The predicted octanol–water partition coefficient (Wildman–Crippen LogP) is 3.31. The summed E-state index contributed by atoms with van der Waals surface area (Å²) in [6.07, 6.45) is 2.99. The van der Waals surface area contributed by atoms with Gasteiger partial charge in [-0.25, -0.2) is 0 Å². The van der Waals surface area contributed by atoms with Gasteiger partial charge in [0, 0.05) is 22.7 Å². The SMILES string of the molecule is N#Cc1c(/[NH+]=C(\O)c2ccccc2)sc2c1CCN(C(=O)CCCc1cccs1)C2. The lowest BCUT2D eigenvalue weighted by Gasteiger charge is -2.26. The number of nitrogens with zero attached hydrogens (tertiary/aromatic N) is 2. The van der Waals surface area contributed by atoms with Gasteiger partial charge in [0.25, 0.3) is 5.00 Å². The van der Waals surface area contributed by atoms with Gasteiger partial charge in [-0.3, -0.25) is 4.79 Å². The molecule has 1 amide bonds. The Kier molecular flexibility index (Phi) is 6.26. The first kappa shape index (κ1) is 20.3. The molecule has 0 saturated heterocycles. The van der Waals surface area contributed by atoms with Crippen molar-refractivity contribution in [2.45, 2.75) is 32.2 Å². The van der Waals surface area contributed by atoms with Gasteiger partial charge in [-0.1, -0.05) is 35.6 Å². The number of benzene rings is 1. The molecule has 5 nitrogen and oxygen atoms in total. The molecule has 2 N–H and O–H groups in total. The Balaban J connectivity index is 1.46. The zero-order valence-corrected chi connectivity index (χ0v) is 18.1. The van der Waals surface area contributed by atoms with Gasteiger partial charge in [0.1, 0.15) is 11.6 Å². The van der Waals surface area contributed by atoms with Crippen molar-refractivity contribution in [1.29, 1.82) is 5.26 Å². The van der Waals surface area contributed by atoms with Crippen molar-refractivity contribution < 1.29 is 14.9 Å². The largest absolute Gasteiger partial charge is 0.459 e. The van der Waals surface area contributed by atoms with Crippen LogP contribution in [0.5, 0.6) is 0 Å². The molecule has 1 aliphatic rings. The monoisotopic (exact) mass is 436 g/mol. The summed E-state index contributed by atoms with van der Waals surface area (Å²) in [5, 5.41) is 22.8. The van der Waals surface area contributed by atoms with Gasteiger partial charge < -0.3 is 10.0 Å². The van der Waals surface area contributed by atoms with E-state index in [0.717, 1.165) is 23.3 Å². The molecule has 2 aromatic heterocycles. The Morgan fingerprint density at radius 1 is 1.23 bits per heavy atom. The smallest absolute Gasteiger partial charge is 0.372 e. The molecule has 0 atom stereocenters. The molecule has 3 heterocycles. The number of nitriles is 1. The van der Waals surface area contributed by atoms with Crippen molar-refractivity contribution in [2.75, 3.05) is 6.54 Å². The average Bonchev–Trinajstić information content (AvgIpc) is 3.40. The third-order valence-corrected chi connectivity index (χ3v) is 7.26. The van der Waals surface area contributed by atoms with Crippen LogP contribution in [0.1, 0.15) is 39.3 Å². The maximum absolute atomic E-state index is 12.7. The second-order valence-corrected chi connectivity index (χ2v) is 9.29. The Labute approximate surface area is 183 Å². The van der Waals surface area contributed by atoms with Crippen LogP contribution in [0.25, 0.3) is 0 Å². The van der Waals surface area contributed by atoms with E-state index >= 15 is 0 Å². The van der Waals surface area contributed by atoms with Gasteiger partial charge >= 0.3 is 5.90 Å². The number of fused-ring (bicyclic) bond motifs is 1. The van der Waals surface area contributed by atoms with E-state index in [1.165, 1.54) is 16.2 Å². The Morgan fingerprint density at radius 3 is 2.80 bits per heavy atom. The summed E-state index contributed by atoms with van der Waals surface area (Å²) in [5.74, 6) is 0.185. The molecule has 7 heteroatoms. The van der Waals surface area contributed by atoms with Gasteiger partial charge in [0.2, 0.25) is 5.91 Å². The van der Waals surface area contributed by atoms with Gasteiger partial charge in [0.05, 0.1) is 12.1 Å². The molecule has 1 aromatic carbocycles. The number of amides is 1. The van der Waals surface area contributed by atoms with E-state index in [2.05, 4.69) is 22.5 Å². The number of aryl methyl sites for hydroxylation is 1. The molecule has 0 radical (unpaired) electrons. The summed E-state index contributed by atoms with van der Waals surface area (Å²) in [6.45, 7) is 1.16. The number of nitrogens with one attached hydrogen (secondary N) is 1. The summed E-state index contributed by atoms with van der Waals surface area (Å²) >= 11 is 3.17. The number of rotatable bonds is 6. The lowest BCUT2D eigenvalue weighted by atomic mass is 10.0. The number of carbonyl (C=O) groups is 1. The van der Waals surface area contributed by atoms with E-state index in [4.69, 9.17) is 0 Å². The van der Waals surface area contributed by atoms with Gasteiger partial charge in [-0.05, 0) is 48.4 Å². The van der Waals surface area contributed by atoms with E-state index in [-0.39, 0.29) is 11.8 Å². The van der Waals surface area contributed by atoms with Crippen molar-refractivity contribution in [3.63, 3.8) is 0 Å². The molecule has 0 aliphatic carbocycles. The highest BCUT2D eigenvalue weighted by Crippen LogP contribution is 2.34. The minimum atomic E-state index is 0.0206. The Morgan fingerprint density at radius 2 is 2.07 bits per heavy atom. The van der Waals surface area contributed by atoms with Crippen molar-refractivity contribution in [2.24, 2.45) is 0 Å². The van der Waals surface area contributed by atoms with E-state index in [0.29, 0.717) is 42.1 Å². The summed E-state index contributed by atoms with van der Waals surface area (Å²) < 4.78 is 0. The number of carbonyl (C=O) groups excluding carboxylic acids is 1. The number of thiophene rings is 2. The van der Waals surface area contributed by atoms with Crippen LogP contribution in [0.4, 0.5) is 5.00 Å². The van der Waals surface area contributed by atoms with E-state index in [1.54, 1.807) is 23.5 Å². The normalized spacial score (nSPS) is 13.7. The van der Waals surface area contributed by atoms with Crippen LogP contribution in [0.2, 0.25) is 0 Å². The molecule has 30 heavy (non-hydrogen) atoms. The Bertz CT molecular complexity index is 1100. The first-order valence-corrected chi connectivity index (χ1v) is 11.6. The highest BCUT2D eigenvalue weighted by Gasteiger charge is 2.29. The van der Waals surface area contributed by atoms with E-state index < -0.39 is 0 Å². The summed E-state index contributed by atoms with van der Waals surface area (Å²) in [7, 11) is 0. The van der Waals surface area contributed by atoms with Crippen molar-refractivity contribution in [1.82, 2.24) is 4.90 Å². The third-order valence-electron chi connectivity index (χ3n) is 5.19. The number of aliphatic hydroxyl groups excluding tert-OH is 1. The second kappa shape index (κ2) is 9.24. The van der Waals surface area contributed by atoms with Crippen LogP contribution in [-0.4, -0.2) is 28.4 Å². The van der Waals surface area contributed by atoms with Crippen LogP contribution in [0.3, 0.4) is 0 Å². The first-order valence-electron chi connectivity index (χ1n) is 9.89. The lowest BCUT2D eigenvalue weighted by molar-refractivity contribution is -0.359. The molecule has 3 aromatic rings. The highest BCUT2D eigenvalue weighted by atomic mass is 32.1. The standard InChI is InChI=1S/C23H21N3O2S2/c24-14-19-18-11-12-26(21(27)10-4-8-17-9-5-13-29-17)15-20(18)30-23(19)25-22(28)16-6-2-1-3-7-16/h1-3,5-7,9,13H,4,8,10-12,15H2,(H,25,28)/p+1. The molecule has 0 spiro atoms. The molecule has 1 aliphatic heterocycles. The topological polar surface area (TPSA) is 78.3 Å². The number of hydrogen-bond acceptors (Lipinski definition) is 4. The van der Waals surface area contributed by atoms with Gasteiger partial charge in [0.15, 0.2) is 0 Å². The summed E-state index contributed by atoms with van der Waals surface area (Å²) in [6, 6.07) is 15.6. The van der Waals surface area contributed by atoms with Gasteiger partial charge in [-0.2, -0.15) is 10.3 Å². The minimum Gasteiger partial charge on any atom is -0.459 e.